The fourth-order valence-electron chi connectivity index (χ4n) is 10.8. The van der Waals surface area contributed by atoms with E-state index in [9.17, 15) is 5.11 Å². The quantitative estimate of drug-likeness (QED) is 0.387. The standard InChI is InChI=1S/C30H50O/c1-25(2)17-18-27(5)13-9-21-29(7)14-10-20-26(3,4)24(31)12-16-28(20,6)22(29)11-15-30(21,8)23(27)19-25/h9,20,22-24,31H,10-19H2,1-8H3/t20?,22?,23-,24?,27?,28?,29?,30+/m0/s1. The SMILES string of the molecule is CC1(C)CCC2(C)CC=C3C4(C)CCC5C(C)(C)C(O)CCC5(C)C4CC[C@@]3(C)[C@H]2C1. The first-order valence-electron chi connectivity index (χ1n) is 13.6. The van der Waals surface area contributed by atoms with Crippen LogP contribution in [0.3, 0.4) is 0 Å². The zero-order valence-corrected chi connectivity index (χ0v) is 21.9. The van der Waals surface area contributed by atoms with Gasteiger partial charge in [0.2, 0.25) is 0 Å². The molecular weight excluding hydrogens is 376 g/mol. The molecule has 5 aliphatic carbocycles. The van der Waals surface area contributed by atoms with E-state index in [0.717, 1.165) is 18.3 Å². The van der Waals surface area contributed by atoms with Crippen molar-refractivity contribution >= 4 is 0 Å². The molecule has 4 fully saturated rings. The van der Waals surface area contributed by atoms with E-state index in [1.165, 1.54) is 57.8 Å². The van der Waals surface area contributed by atoms with Crippen molar-refractivity contribution in [2.45, 2.75) is 126 Å². The maximum atomic E-state index is 10.9. The van der Waals surface area contributed by atoms with Crippen LogP contribution in [0.1, 0.15) is 120 Å². The maximum absolute atomic E-state index is 10.9. The van der Waals surface area contributed by atoms with Crippen molar-refractivity contribution in [3.05, 3.63) is 11.6 Å². The summed E-state index contributed by atoms with van der Waals surface area (Å²) in [5.74, 6) is 2.29. The molecule has 8 atom stereocenters. The average molecular weight is 427 g/mol. The zero-order chi connectivity index (χ0) is 22.7. The van der Waals surface area contributed by atoms with Gasteiger partial charge in [-0.05, 0) is 114 Å². The van der Waals surface area contributed by atoms with Crippen LogP contribution in [0.4, 0.5) is 0 Å². The lowest BCUT2D eigenvalue weighted by molar-refractivity contribution is -0.184. The van der Waals surface area contributed by atoms with Gasteiger partial charge in [-0.25, -0.2) is 0 Å². The van der Waals surface area contributed by atoms with Gasteiger partial charge >= 0.3 is 0 Å². The number of hydrogen-bond donors (Lipinski definition) is 1. The highest BCUT2D eigenvalue weighted by atomic mass is 16.3. The molecule has 5 aliphatic rings. The smallest absolute Gasteiger partial charge is 0.0594 e. The third kappa shape index (κ3) is 2.83. The summed E-state index contributed by atoms with van der Waals surface area (Å²) in [4.78, 5) is 0. The largest absolute Gasteiger partial charge is 0.393 e. The van der Waals surface area contributed by atoms with Crippen LogP contribution >= 0.6 is 0 Å². The van der Waals surface area contributed by atoms with Crippen LogP contribution < -0.4 is 0 Å². The monoisotopic (exact) mass is 426 g/mol. The Hall–Kier alpha value is -0.300. The summed E-state index contributed by atoms with van der Waals surface area (Å²) in [5.41, 5.74) is 4.07. The summed E-state index contributed by atoms with van der Waals surface area (Å²) >= 11 is 0. The Balaban J connectivity index is 1.56. The number of rotatable bonds is 0. The second-order valence-electron chi connectivity index (χ2n) is 15.3. The second-order valence-corrected chi connectivity index (χ2v) is 15.3. The summed E-state index contributed by atoms with van der Waals surface area (Å²) in [6.45, 7) is 20.4. The first-order chi connectivity index (χ1) is 14.2. The van der Waals surface area contributed by atoms with Gasteiger partial charge in [-0.3, -0.25) is 0 Å². The Morgan fingerprint density at radius 2 is 1.32 bits per heavy atom. The maximum Gasteiger partial charge on any atom is 0.0594 e. The molecule has 1 N–H and O–H groups in total. The molecule has 1 heteroatoms. The Kier molecular flexibility index (Phi) is 4.66. The van der Waals surface area contributed by atoms with Crippen molar-refractivity contribution in [2.75, 3.05) is 0 Å². The van der Waals surface area contributed by atoms with E-state index in [-0.39, 0.29) is 11.5 Å². The minimum atomic E-state index is -0.122. The first kappa shape index (κ1) is 22.5. The van der Waals surface area contributed by atoms with Crippen molar-refractivity contribution < 1.29 is 5.11 Å². The van der Waals surface area contributed by atoms with Crippen LogP contribution in [-0.4, -0.2) is 11.2 Å². The third-order valence-corrected chi connectivity index (χ3v) is 12.7. The molecule has 0 bridgehead atoms. The molecule has 0 spiro atoms. The van der Waals surface area contributed by atoms with Gasteiger partial charge in [0, 0.05) is 0 Å². The van der Waals surface area contributed by atoms with Gasteiger partial charge in [0.1, 0.15) is 0 Å². The van der Waals surface area contributed by atoms with Crippen LogP contribution in [0.2, 0.25) is 0 Å². The Morgan fingerprint density at radius 3 is 2.00 bits per heavy atom. The van der Waals surface area contributed by atoms with Crippen LogP contribution in [0, 0.1) is 50.2 Å². The van der Waals surface area contributed by atoms with E-state index < -0.39 is 0 Å². The predicted octanol–water partition coefficient (Wildman–Crippen LogP) is 8.17. The van der Waals surface area contributed by atoms with Crippen LogP contribution in [0.5, 0.6) is 0 Å². The molecule has 31 heavy (non-hydrogen) atoms. The number of hydrogen-bond acceptors (Lipinski definition) is 1. The van der Waals surface area contributed by atoms with E-state index in [1.54, 1.807) is 0 Å². The van der Waals surface area contributed by atoms with Gasteiger partial charge in [0.05, 0.1) is 6.10 Å². The molecule has 5 rings (SSSR count). The van der Waals surface area contributed by atoms with Gasteiger partial charge in [0.15, 0.2) is 0 Å². The van der Waals surface area contributed by atoms with Crippen molar-refractivity contribution in [2.24, 2.45) is 50.2 Å². The molecule has 0 radical (unpaired) electrons. The van der Waals surface area contributed by atoms with E-state index in [4.69, 9.17) is 0 Å². The molecule has 0 aromatic carbocycles. The highest BCUT2D eigenvalue weighted by Gasteiger charge is 2.66. The topological polar surface area (TPSA) is 20.2 Å². The minimum Gasteiger partial charge on any atom is -0.393 e. The highest BCUT2D eigenvalue weighted by Crippen LogP contribution is 2.74. The van der Waals surface area contributed by atoms with Crippen molar-refractivity contribution in [1.29, 1.82) is 0 Å². The van der Waals surface area contributed by atoms with Gasteiger partial charge in [0.25, 0.3) is 0 Å². The third-order valence-electron chi connectivity index (χ3n) is 12.7. The summed E-state index contributed by atoms with van der Waals surface area (Å²) < 4.78 is 0. The molecule has 0 saturated heterocycles. The molecule has 0 heterocycles. The lowest BCUT2D eigenvalue weighted by atomic mass is 9.35. The van der Waals surface area contributed by atoms with Gasteiger partial charge < -0.3 is 5.11 Å². The lowest BCUT2D eigenvalue weighted by Gasteiger charge is -2.70. The molecule has 0 aromatic rings. The number of aliphatic hydroxyl groups is 1. The Morgan fingerprint density at radius 1 is 0.710 bits per heavy atom. The molecule has 4 saturated carbocycles. The predicted molar refractivity (Wildman–Crippen MR) is 131 cm³/mol. The molecule has 0 aliphatic heterocycles. The van der Waals surface area contributed by atoms with Crippen LogP contribution in [-0.2, 0) is 0 Å². The van der Waals surface area contributed by atoms with Crippen LogP contribution in [0.25, 0.3) is 0 Å². The summed E-state index contributed by atoms with van der Waals surface area (Å²) in [6.07, 6.45) is 15.8. The van der Waals surface area contributed by atoms with Crippen molar-refractivity contribution in [3.63, 3.8) is 0 Å². The molecule has 176 valence electrons. The molecular formula is C30H50O. The zero-order valence-electron chi connectivity index (χ0n) is 21.9. The summed E-state index contributed by atoms with van der Waals surface area (Å²) in [6, 6.07) is 0. The number of aliphatic hydroxyl groups excluding tert-OH is 1. The summed E-state index contributed by atoms with van der Waals surface area (Å²) in [7, 11) is 0. The molecule has 6 unspecified atom stereocenters. The van der Waals surface area contributed by atoms with E-state index in [1.807, 2.05) is 5.57 Å². The normalized spacial score (nSPS) is 55.2. The first-order valence-corrected chi connectivity index (χ1v) is 13.6. The number of fused-ring (bicyclic) bond motifs is 7. The minimum absolute atomic E-state index is 0.0575. The van der Waals surface area contributed by atoms with Gasteiger partial charge in [-0.2, -0.15) is 0 Å². The lowest BCUT2D eigenvalue weighted by Crippen LogP contribution is -2.63. The fraction of sp³-hybridized carbons (Fsp3) is 0.933. The van der Waals surface area contributed by atoms with E-state index >= 15 is 0 Å². The van der Waals surface area contributed by atoms with E-state index in [0.29, 0.717) is 33.0 Å². The molecule has 1 nitrogen and oxygen atoms in total. The van der Waals surface area contributed by atoms with Crippen LogP contribution in [0.15, 0.2) is 11.6 Å². The molecule has 0 aromatic heterocycles. The van der Waals surface area contributed by atoms with Gasteiger partial charge in [-0.15, -0.1) is 0 Å². The Bertz CT molecular complexity index is 790. The van der Waals surface area contributed by atoms with E-state index in [2.05, 4.69) is 61.5 Å². The average Bonchev–Trinajstić information content (AvgIpc) is 2.66. The highest BCUT2D eigenvalue weighted by molar-refractivity contribution is 5.34. The second kappa shape index (κ2) is 6.43. The van der Waals surface area contributed by atoms with Crippen molar-refractivity contribution in [3.8, 4) is 0 Å². The fourth-order valence-corrected chi connectivity index (χ4v) is 10.8. The number of allylic oxidation sites excluding steroid dienone is 2. The molecule has 0 amide bonds. The summed E-state index contributed by atoms with van der Waals surface area (Å²) in [5, 5.41) is 10.9. The van der Waals surface area contributed by atoms with Crippen molar-refractivity contribution in [1.82, 2.24) is 0 Å². The Labute approximate surface area is 192 Å². The van der Waals surface area contributed by atoms with Gasteiger partial charge in [-0.1, -0.05) is 67.0 Å².